The van der Waals surface area contributed by atoms with E-state index in [-0.39, 0.29) is 10.7 Å². The van der Waals surface area contributed by atoms with Crippen LogP contribution in [0.1, 0.15) is 20.7 Å². The second-order valence-corrected chi connectivity index (χ2v) is 6.30. The first kappa shape index (κ1) is 15.1. The minimum atomic E-state index is -0.0435. The number of alkyl halides is 1. The first-order chi connectivity index (χ1) is 9.70. The Hall–Kier alpha value is -1.26. The van der Waals surface area contributed by atoms with Crippen LogP contribution in [0.2, 0.25) is 0 Å². The molecule has 4 heteroatoms. The molecule has 20 heavy (non-hydrogen) atoms. The molecule has 0 radical (unpaired) electrons. The number of hydrogen-bond acceptors (Lipinski definition) is 2. The summed E-state index contributed by atoms with van der Waals surface area (Å²) in [6.45, 7) is 0.563. The predicted octanol–water partition coefficient (Wildman–Crippen LogP) is 4.27. The maximum Gasteiger partial charge on any atom is 0.251 e. The van der Waals surface area contributed by atoms with E-state index in [1.54, 1.807) is 11.8 Å². The van der Waals surface area contributed by atoms with E-state index >= 15 is 0 Å². The molecule has 2 aromatic carbocycles. The van der Waals surface area contributed by atoms with Crippen LogP contribution >= 0.6 is 27.7 Å². The van der Waals surface area contributed by atoms with Gasteiger partial charge in [0.05, 0.1) is 4.83 Å². The molecule has 0 aliphatic carbocycles. The highest BCUT2D eigenvalue weighted by atomic mass is 79.9. The van der Waals surface area contributed by atoms with Crippen LogP contribution in [0.4, 0.5) is 0 Å². The number of rotatable bonds is 5. The average molecular weight is 350 g/mol. The molecule has 1 unspecified atom stereocenters. The van der Waals surface area contributed by atoms with Gasteiger partial charge in [0.25, 0.3) is 5.91 Å². The van der Waals surface area contributed by atoms with Crippen LogP contribution in [0.3, 0.4) is 0 Å². The van der Waals surface area contributed by atoms with Crippen molar-refractivity contribution >= 4 is 33.6 Å². The molecule has 104 valence electrons. The summed E-state index contributed by atoms with van der Waals surface area (Å²) in [7, 11) is 0. The number of amides is 1. The summed E-state index contributed by atoms with van der Waals surface area (Å²) in [6, 6.07) is 17.7. The summed E-state index contributed by atoms with van der Waals surface area (Å²) < 4.78 is 0. The van der Waals surface area contributed by atoms with Gasteiger partial charge in [0.1, 0.15) is 0 Å². The van der Waals surface area contributed by atoms with Gasteiger partial charge in [-0.05, 0) is 36.1 Å². The SMILES string of the molecule is CSc1ccc(C(=O)NCC(Br)c2ccccc2)cc1. The molecule has 0 aliphatic heterocycles. The molecule has 0 aliphatic rings. The van der Waals surface area contributed by atoms with Gasteiger partial charge in [0.15, 0.2) is 0 Å². The van der Waals surface area contributed by atoms with Crippen molar-refractivity contribution in [3.63, 3.8) is 0 Å². The molecule has 1 atom stereocenters. The fourth-order valence-corrected chi connectivity index (χ4v) is 2.68. The van der Waals surface area contributed by atoms with Gasteiger partial charge in [0, 0.05) is 17.0 Å². The van der Waals surface area contributed by atoms with E-state index in [0.29, 0.717) is 12.1 Å². The summed E-state index contributed by atoms with van der Waals surface area (Å²) in [4.78, 5) is 13.3. The zero-order valence-corrected chi connectivity index (χ0v) is 13.6. The Labute approximate surface area is 132 Å². The molecule has 2 aromatic rings. The molecule has 0 aromatic heterocycles. The van der Waals surface area contributed by atoms with Crippen molar-refractivity contribution in [1.82, 2.24) is 5.32 Å². The third-order valence-electron chi connectivity index (χ3n) is 2.96. The topological polar surface area (TPSA) is 29.1 Å². The maximum atomic E-state index is 12.0. The number of benzene rings is 2. The van der Waals surface area contributed by atoms with E-state index < -0.39 is 0 Å². The van der Waals surface area contributed by atoms with E-state index in [2.05, 4.69) is 21.2 Å². The number of carbonyl (C=O) groups is 1. The molecule has 0 bridgehead atoms. The fourth-order valence-electron chi connectivity index (χ4n) is 1.81. The van der Waals surface area contributed by atoms with E-state index in [4.69, 9.17) is 0 Å². The summed E-state index contributed by atoms with van der Waals surface area (Å²) in [5.74, 6) is -0.0435. The Morgan fingerprint density at radius 3 is 2.40 bits per heavy atom. The third kappa shape index (κ3) is 4.12. The normalized spacial score (nSPS) is 11.9. The molecule has 1 amide bonds. The lowest BCUT2D eigenvalue weighted by Crippen LogP contribution is -2.26. The third-order valence-corrected chi connectivity index (χ3v) is 4.55. The van der Waals surface area contributed by atoms with Crippen molar-refractivity contribution in [3.8, 4) is 0 Å². The van der Waals surface area contributed by atoms with E-state index in [1.807, 2.05) is 60.9 Å². The molecule has 0 heterocycles. The summed E-state index contributed by atoms with van der Waals surface area (Å²) >= 11 is 5.26. The smallest absolute Gasteiger partial charge is 0.251 e. The number of thioether (sulfide) groups is 1. The summed E-state index contributed by atoms with van der Waals surface area (Å²) in [6.07, 6.45) is 2.02. The molecular formula is C16H16BrNOS. The Bertz CT molecular complexity index is 556. The molecule has 0 saturated carbocycles. The van der Waals surface area contributed by atoms with Crippen LogP contribution in [0.15, 0.2) is 59.5 Å². The molecule has 0 spiro atoms. The second kappa shape index (κ2) is 7.50. The quantitative estimate of drug-likeness (QED) is 0.644. The monoisotopic (exact) mass is 349 g/mol. The van der Waals surface area contributed by atoms with Gasteiger partial charge in [-0.3, -0.25) is 4.79 Å². The Morgan fingerprint density at radius 1 is 1.15 bits per heavy atom. The fraction of sp³-hybridized carbons (Fsp3) is 0.188. The lowest BCUT2D eigenvalue weighted by molar-refractivity contribution is 0.0954. The van der Waals surface area contributed by atoms with Crippen molar-refractivity contribution in [1.29, 1.82) is 0 Å². The molecular weight excluding hydrogens is 334 g/mol. The zero-order chi connectivity index (χ0) is 14.4. The molecule has 2 nitrogen and oxygen atoms in total. The van der Waals surface area contributed by atoms with Gasteiger partial charge in [-0.1, -0.05) is 46.3 Å². The predicted molar refractivity (Wildman–Crippen MR) is 88.7 cm³/mol. The summed E-state index contributed by atoms with van der Waals surface area (Å²) in [5.41, 5.74) is 1.85. The molecule has 0 saturated heterocycles. The largest absolute Gasteiger partial charge is 0.351 e. The van der Waals surface area contributed by atoms with Gasteiger partial charge in [0.2, 0.25) is 0 Å². The van der Waals surface area contributed by atoms with Crippen molar-refractivity contribution in [2.75, 3.05) is 12.8 Å². The first-order valence-corrected chi connectivity index (χ1v) is 8.46. The van der Waals surface area contributed by atoms with Gasteiger partial charge in [-0.15, -0.1) is 11.8 Å². The maximum absolute atomic E-state index is 12.0. The molecule has 0 fully saturated rings. The van der Waals surface area contributed by atoms with E-state index in [0.717, 1.165) is 10.5 Å². The van der Waals surface area contributed by atoms with Gasteiger partial charge in [-0.25, -0.2) is 0 Å². The lowest BCUT2D eigenvalue weighted by Gasteiger charge is -2.11. The minimum absolute atomic E-state index is 0.0435. The van der Waals surface area contributed by atoms with Crippen LogP contribution in [-0.2, 0) is 0 Å². The minimum Gasteiger partial charge on any atom is -0.351 e. The van der Waals surface area contributed by atoms with Crippen LogP contribution in [0, 0.1) is 0 Å². The summed E-state index contributed by atoms with van der Waals surface area (Å²) in [5, 5.41) is 2.94. The highest BCUT2D eigenvalue weighted by Gasteiger charge is 2.10. The van der Waals surface area contributed by atoms with Crippen molar-refractivity contribution < 1.29 is 4.79 Å². The molecule has 1 N–H and O–H groups in total. The van der Waals surface area contributed by atoms with E-state index in [1.165, 1.54) is 0 Å². The van der Waals surface area contributed by atoms with Gasteiger partial charge >= 0.3 is 0 Å². The van der Waals surface area contributed by atoms with Crippen molar-refractivity contribution in [2.45, 2.75) is 9.72 Å². The van der Waals surface area contributed by atoms with Gasteiger partial charge in [-0.2, -0.15) is 0 Å². The Balaban J connectivity index is 1.91. The van der Waals surface area contributed by atoms with Crippen LogP contribution in [0.5, 0.6) is 0 Å². The van der Waals surface area contributed by atoms with E-state index in [9.17, 15) is 4.79 Å². The number of hydrogen-bond donors (Lipinski definition) is 1. The highest BCUT2D eigenvalue weighted by Crippen LogP contribution is 2.21. The van der Waals surface area contributed by atoms with Crippen LogP contribution < -0.4 is 5.32 Å². The van der Waals surface area contributed by atoms with Crippen molar-refractivity contribution in [3.05, 3.63) is 65.7 Å². The Kier molecular flexibility index (Phi) is 5.68. The number of halogens is 1. The standard InChI is InChI=1S/C16H16BrNOS/c1-20-14-9-7-13(8-10-14)16(19)18-11-15(17)12-5-3-2-4-6-12/h2-10,15H,11H2,1H3,(H,18,19). The van der Waals surface area contributed by atoms with Crippen molar-refractivity contribution in [2.24, 2.45) is 0 Å². The zero-order valence-electron chi connectivity index (χ0n) is 11.2. The van der Waals surface area contributed by atoms with Crippen LogP contribution in [-0.4, -0.2) is 18.7 Å². The number of carbonyl (C=O) groups excluding carboxylic acids is 1. The lowest BCUT2D eigenvalue weighted by atomic mass is 10.1. The van der Waals surface area contributed by atoms with Gasteiger partial charge < -0.3 is 5.32 Å². The molecule has 2 rings (SSSR count). The average Bonchev–Trinajstić information content (AvgIpc) is 2.53. The second-order valence-electron chi connectivity index (χ2n) is 4.32. The first-order valence-electron chi connectivity index (χ1n) is 6.32. The highest BCUT2D eigenvalue weighted by molar-refractivity contribution is 9.09. The number of nitrogens with one attached hydrogen (secondary N) is 1. The Morgan fingerprint density at radius 2 is 1.80 bits per heavy atom. The van der Waals surface area contributed by atoms with Crippen LogP contribution in [0.25, 0.3) is 0 Å².